The molecule has 3 aromatic rings. The van der Waals surface area contributed by atoms with Gasteiger partial charge >= 0.3 is 0 Å². The summed E-state index contributed by atoms with van der Waals surface area (Å²) in [6.45, 7) is 12.9. The minimum Gasteiger partial charge on any atom is -0.354 e. The number of thiophene rings is 1. The molecular weight excluding hydrogens is 356 g/mol. The molecule has 0 saturated carbocycles. The van der Waals surface area contributed by atoms with Crippen molar-refractivity contribution in [1.29, 1.82) is 0 Å². The van der Waals surface area contributed by atoms with Crippen LogP contribution in [-0.2, 0) is 12.8 Å². The predicted molar refractivity (Wildman–Crippen MR) is 113 cm³/mol. The quantitative estimate of drug-likeness (QED) is 0.624. The third-order valence-corrected chi connectivity index (χ3v) is 6.85. The Hall–Kier alpha value is -1.73. The van der Waals surface area contributed by atoms with Crippen LogP contribution in [0.1, 0.15) is 49.9 Å². The lowest BCUT2D eigenvalue weighted by molar-refractivity contribution is 0.303. The van der Waals surface area contributed by atoms with E-state index >= 15 is 0 Å². The molecule has 0 fully saturated rings. The van der Waals surface area contributed by atoms with E-state index < -0.39 is 0 Å². The summed E-state index contributed by atoms with van der Waals surface area (Å²) in [7, 11) is 0. The van der Waals surface area contributed by atoms with Gasteiger partial charge in [0.15, 0.2) is 5.65 Å². The Bertz CT molecular complexity index is 939. The number of rotatable bonds is 7. The van der Waals surface area contributed by atoms with Crippen molar-refractivity contribution < 1.29 is 0 Å². The minimum absolute atomic E-state index is 0.734. The molecule has 0 radical (unpaired) electrons. The van der Waals surface area contributed by atoms with Crippen molar-refractivity contribution in [3.8, 4) is 0 Å². The molecule has 0 aromatic carbocycles. The molecule has 0 saturated heterocycles. The summed E-state index contributed by atoms with van der Waals surface area (Å²) in [5.74, 6) is 2.36. The molecule has 6 nitrogen and oxygen atoms in total. The molecule has 146 valence electrons. The van der Waals surface area contributed by atoms with Gasteiger partial charge in [-0.15, -0.1) is 16.4 Å². The molecule has 3 aromatic heterocycles. The first-order valence-electron chi connectivity index (χ1n) is 10.2. The number of aromatic nitrogens is 4. The second kappa shape index (κ2) is 7.72. The summed E-state index contributed by atoms with van der Waals surface area (Å²) in [6, 6.07) is 0. The van der Waals surface area contributed by atoms with E-state index in [0.717, 1.165) is 67.2 Å². The number of hydrogen-bond acceptors (Lipinski definition) is 6. The van der Waals surface area contributed by atoms with Gasteiger partial charge in [-0.2, -0.15) is 4.52 Å². The standard InChI is InChI=1S/C20H30N6S/c1-5-25(6-2)11-7-10-21-20-23-19-17(18-22-14(4)24-26(18)20)15-12-13(3)8-9-16(15)27-19/h13H,5-12H2,1-4H3,(H,21,23)/t13-/m0/s1. The SMILES string of the molecule is CCN(CC)CCCNc1nc2sc3c(c2c2nc(C)nn12)C[C@@H](C)CC3. The lowest BCUT2D eigenvalue weighted by atomic mass is 9.89. The summed E-state index contributed by atoms with van der Waals surface area (Å²) in [4.78, 5) is 14.8. The normalized spacial score (nSPS) is 17.1. The predicted octanol–water partition coefficient (Wildman–Crippen LogP) is 3.92. The molecular formula is C20H30N6S. The van der Waals surface area contributed by atoms with Crippen molar-refractivity contribution in [2.75, 3.05) is 31.5 Å². The van der Waals surface area contributed by atoms with Gasteiger partial charge in [-0.1, -0.05) is 20.8 Å². The Labute approximate surface area is 165 Å². The summed E-state index contributed by atoms with van der Waals surface area (Å²) < 4.78 is 1.92. The number of fused-ring (bicyclic) bond motifs is 5. The van der Waals surface area contributed by atoms with E-state index in [1.54, 1.807) is 0 Å². The van der Waals surface area contributed by atoms with Gasteiger partial charge in [0.2, 0.25) is 5.95 Å². The van der Waals surface area contributed by atoms with Gasteiger partial charge in [0.1, 0.15) is 10.7 Å². The van der Waals surface area contributed by atoms with Crippen LogP contribution >= 0.6 is 11.3 Å². The molecule has 1 atom stereocenters. The van der Waals surface area contributed by atoms with E-state index in [-0.39, 0.29) is 0 Å². The van der Waals surface area contributed by atoms with Crippen molar-refractivity contribution in [2.24, 2.45) is 5.92 Å². The Morgan fingerprint density at radius 3 is 2.85 bits per heavy atom. The van der Waals surface area contributed by atoms with Crippen molar-refractivity contribution in [2.45, 2.75) is 53.4 Å². The largest absolute Gasteiger partial charge is 0.354 e. The third kappa shape index (κ3) is 3.55. The zero-order valence-electron chi connectivity index (χ0n) is 16.9. The van der Waals surface area contributed by atoms with Gasteiger partial charge < -0.3 is 10.2 Å². The smallest absolute Gasteiger partial charge is 0.227 e. The van der Waals surface area contributed by atoms with Gasteiger partial charge in [-0.05, 0) is 63.7 Å². The fraction of sp³-hybridized carbons (Fsp3) is 0.650. The van der Waals surface area contributed by atoms with Gasteiger partial charge in [-0.25, -0.2) is 9.97 Å². The number of aryl methyl sites for hydroxylation is 2. The number of hydrogen-bond donors (Lipinski definition) is 1. The molecule has 3 heterocycles. The first kappa shape index (κ1) is 18.6. The third-order valence-electron chi connectivity index (χ3n) is 5.66. The summed E-state index contributed by atoms with van der Waals surface area (Å²) >= 11 is 1.85. The first-order chi connectivity index (χ1) is 13.1. The molecule has 0 amide bonds. The van der Waals surface area contributed by atoms with Crippen LogP contribution in [0.2, 0.25) is 0 Å². The molecule has 1 aliphatic rings. The van der Waals surface area contributed by atoms with Crippen molar-refractivity contribution >= 4 is 33.1 Å². The van der Waals surface area contributed by atoms with Gasteiger partial charge in [0.25, 0.3) is 0 Å². The highest BCUT2D eigenvalue weighted by Crippen LogP contribution is 2.39. The van der Waals surface area contributed by atoms with Crippen LogP contribution in [0, 0.1) is 12.8 Å². The van der Waals surface area contributed by atoms with E-state index in [2.05, 4.69) is 36.1 Å². The molecule has 1 N–H and O–H groups in total. The van der Waals surface area contributed by atoms with E-state index in [9.17, 15) is 0 Å². The molecule has 27 heavy (non-hydrogen) atoms. The van der Waals surface area contributed by atoms with Crippen LogP contribution in [0.15, 0.2) is 0 Å². The van der Waals surface area contributed by atoms with Crippen LogP contribution in [0.4, 0.5) is 5.95 Å². The Balaban J connectivity index is 1.65. The zero-order chi connectivity index (χ0) is 19.0. The van der Waals surface area contributed by atoms with Gasteiger partial charge in [0.05, 0.1) is 5.39 Å². The van der Waals surface area contributed by atoms with Crippen LogP contribution in [0.5, 0.6) is 0 Å². The Morgan fingerprint density at radius 1 is 1.26 bits per heavy atom. The highest BCUT2D eigenvalue weighted by atomic mass is 32.1. The van der Waals surface area contributed by atoms with Crippen LogP contribution in [0.3, 0.4) is 0 Å². The summed E-state index contributed by atoms with van der Waals surface area (Å²) in [5.41, 5.74) is 2.43. The zero-order valence-corrected chi connectivity index (χ0v) is 17.7. The van der Waals surface area contributed by atoms with E-state index in [1.165, 1.54) is 28.7 Å². The lowest BCUT2D eigenvalue weighted by Gasteiger charge is -2.18. The molecule has 4 rings (SSSR count). The summed E-state index contributed by atoms with van der Waals surface area (Å²) in [6.07, 6.45) is 4.67. The Morgan fingerprint density at radius 2 is 2.07 bits per heavy atom. The maximum absolute atomic E-state index is 4.96. The van der Waals surface area contributed by atoms with Crippen LogP contribution in [-0.4, -0.2) is 50.7 Å². The highest BCUT2D eigenvalue weighted by molar-refractivity contribution is 7.19. The van der Waals surface area contributed by atoms with Crippen molar-refractivity contribution in [3.05, 3.63) is 16.3 Å². The van der Waals surface area contributed by atoms with E-state index in [4.69, 9.17) is 9.97 Å². The maximum Gasteiger partial charge on any atom is 0.227 e. The molecule has 0 spiro atoms. The fourth-order valence-electron chi connectivity index (χ4n) is 4.08. The maximum atomic E-state index is 4.96. The lowest BCUT2D eigenvalue weighted by Crippen LogP contribution is -2.25. The van der Waals surface area contributed by atoms with E-state index in [1.807, 2.05) is 22.8 Å². The van der Waals surface area contributed by atoms with Crippen molar-refractivity contribution in [3.63, 3.8) is 0 Å². The fourth-order valence-corrected chi connectivity index (χ4v) is 5.29. The molecule has 0 aliphatic heterocycles. The average Bonchev–Trinajstić information content (AvgIpc) is 3.21. The topological polar surface area (TPSA) is 58.3 Å². The molecule has 7 heteroatoms. The molecule has 0 unspecified atom stereocenters. The monoisotopic (exact) mass is 386 g/mol. The Kier molecular flexibility index (Phi) is 5.32. The highest BCUT2D eigenvalue weighted by Gasteiger charge is 2.24. The van der Waals surface area contributed by atoms with Crippen LogP contribution < -0.4 is 5.32 Å². The molecule has 1 aliphatic carbocycles. The summed E-state index contributed by atoms with van der Waals surface area (Å²) in [5, 5.41) is 9.38. The van der Waals surface area contributed by atoms with Gasteiger partial charge in [-0.3, -0.25) is 0 Å². The number of nitrogens with zero attached hydrogens (tertiary/aromatic N) is 5. The molecule has 0 bridgehead atoms. The first-order valence-corrected chi connectivity index (χ1v) is 11.1. The van der Waals surface area contributed by atoms with Gasteiger partial charge in [0, 0.05) is 11.4 Å². The van der Waals surface area contributed by atoms with Crippen LogP contribution in [0.25, 0.3) is 15.9 Å². The number of anilines is 1. The van der Waals surface area contributed by atoms with Crippen molar-refractivity contribution in [1.82, 2.24) is 24.5 Å². The number of nitrogens with one attached hydrogen (secondary N) is 1. The second-order valence-corrected chi connectivity index (χ2v) is 8.75. The second-order valence-electron chi connectivity index (χ2n) is 7.67. The van der Waals surface area contributed by atoms with E-state index in [0.29, 0.717) is 0 Å². The minimum atomic E-state index is 0.734. The average molecular weight is 387 g/mol.